The van der Waals surface area contributed by atoms with Crippen molar-refractivity contribution in [2.75, 3.05) is 5.73 Å². The van der Waals surface area contributed by atoms with Crippen LogP contribution < -0.4 is 10.5 Å². The summed E-state index contributed by atoms with van der Waals surface area (Å²) >= 11 is 5.71. The van der Waals surface area contributed by atoms with E-state index in [2.05, 4.69) is 0 Å². The highest BCUT2D eigenvalue weighted by molar-refractivity contribution is 6.30. The van der Waals surface area contributed by atoms with Gasteiger partial charge in [0.05, 0.1) is 5.69 Å². The number of anilines is 1. The zero-order valence-electron chi connectivity index (χ0n) is 8.58. The zero-order chi connectivity index (χ0) is 12.4. The summed E-state index contributed by atoms with van der Waals surface area (Å²) in [4.78, 5) is 0. The van der Waals surface area contributed by atoms with Gasteiger partial charge in [-0.1, -0.05) is 11.6 Å². The predicted molar refractivity (Wildman–Crippen MR) is 62.3 cm³/mol. The molecule has 17 heavy (non-hydrogen) atoms. The van der Waals surface area contributed by atoms with E-state index in [4.69, 9.17) is 22.1 Å². The Hall–Kier alpha value is -1.81. The molecule has 0 heterocycles. The predicted octanol–water partition coefficient (Wildman–Crippen LogP) is 3.99. The Morgan fingerprint density at radius 2 is 1.65 bits per heavy atom. The van der Waals surface area contributed by atoms with Gasteiger partial charge >= 0.3 is 0 Å². The summed E-state index contributed by atoms with van der Waals surface area (Å²) in [6.07, 6.45) is 0. The van der Waals surface area contributed by atoms with Crippen molar-refractivity contribution in [3.05, 3.63) is 53.1 Å². The molecule has 0 fully saturated rings. The fourth-order valence-corrected chi connectivity index (χ4v) is 1.51. The van der Waals surface area contributed by atoms with Gasteiger partial charge in [-0.15, -0.1) is 0 Å². The molecule has 2 aromatic rings. The van der Waals surface area contributed by atoms with E-state index in [1.807, 2.05) is 0 Å². The Kier molecular flexibility index (Phi) is 3.15. The summed E-state index contributed by atoms with van der Waals surface area (Å²) in [5.41, 5.74) is 5.94. The fraction of sp³-hybridized carbons (Fsp3) is 0. The Morgan fingerprint density at radius 3 is 2.24 bits per heavy atom. The second-order valence-electron chi connectivity index (χ2n) is 3.39. The van der Waals surface area contributed by atoms with E-state index in [-0.39, 0.29) is 5.75 Å². The van der Waals surface area contributed by atoms with Crippen LogP contribution in [-0.4, -0.2) is 0 Å². The minimum Gasteiger partial charge on any atom is -0.455 e. The molecular formula is C12H8ClF2NO. The molecule has 0 aliphatic carbocycles. The molecule has 2 aromatic carbocycles. The first kappa shape index (κ1) is 11.7. The number of hydrogen-bond donors (Lipinski definition) is 1. The summed E-state index contributed by atoms with van der Waals surface area (Å²) < 4.78 is 31.1. The molecule has 0 aliphatic heterocycles. The molecular weight excluding hydrogens is 248 g/mol. The Bertz CT molecular complexity index is 540. The molecule has 0 spiro atoms. The van der Waals surface area contributed by atoms with Crippen LogP contribution in [0, 0.1) is 11.6 Å². The molecule has 0 saturated carbocycles. The van der Waals surface area contributed by atoms with Crippen molar-refractivity contribution in [3.63, 3.8) is 0 Å². The molecule has 0 atom stereocenters. The number of nitrogens with two attached hydrogens (primary N) is 1. The lowest BCUT2D eigenvalue weighted by atomic mass is 10.3. The van der Waals surface area contributed by atoms with Crippen LogP contribution in [0.25, 0.3) is 0 Å². The van der Waals surface area contributed by atoms with E-state index < -0.39 is 11.6 Å². The van der Waals surface area contributed by atoms with E-state index >= 15 is 0 Å². The molecule has 0 bridgehead atoms. The SMILES string of the molecule is Nc1cc(Cl)ccc1Oc1cc(F)cc(F)c1. The van der Waals surface area contributed by atoms with E-state index in [1.165, 1.54) is 12.1 Å². The lowest BCUT2D eigenvalue weighted by Crippen LogP contribution is -1.93. The molecule has 2 rings (SSSR count). The highest BCUT2D eigenvalue weighted by atomic mass is 35.5. The van der Waals surface area contributed by atoms with Crippen LogP contribution in [0.4, 0.5) is 14.5 Å². The van der Waals surface area contributed by atoms with Gasteiger partial charge in [0.25, 0.3) is 0 Å². The van der Waals surface area contributed by atoms with Gasteiger partial charge in [0, 0.05) is 23.2 Å². The number of halogens is 3. The van der Waals surface area contributed by atoms with E-state index in [1.54, 1.807) is 6.07 Å². The van der Waals surface area contributed by atoms with Crippen LogP contribution in [0.1, 0.15) is 0 Å². The fourth-order valence-electron chi connectivity index (χ4n) is 1.33. The minimum absolute atomic E-state index is 0.0384. The van der Waals surface area contributed by atoms with Crippen molar-refractivity contribution in [1.29, 1.82) is 0 Å². The summed E-state index contributed by atoms with van der Waals surface area (Å²) in [6, 6.07) is 7.49. The minimum atomic E-state index is -0.715. The van der Waals surface area contributed by atoms with Gasteiger partial charge in [0.2, 0.25) is 0 Å². The molecule has 2 N–H and O–H groups in total. The molecule has 0 unspecified atom stereocenters. The van der Waals surface area contributed by atoms with Crippen LogP contribution in [0.3, 0.4) is 0 Å². The van der Waals surface area contributed by atoms with Gasteiger partial charge in [-0.3, -0.25) is 0 Å². The standard InChI is InChI=1S/C12H8ClF2NO/c13-7-1-2-12(11(16)3-7)17-10-5-8(14)4-9(15)6-10/h1-6H,16H2. The maximum absolute atomic E-state index is 12.9. The Labute approximate surface area is 102 Å². The smallest absolute Gasteiger partial charge is 0.150 e. The summed E-state index contributed by atoms with van der Waals surface area (Å²) in [5.74, 6) is -1.10. The Balaban J connectivity index is 2.31. The highest BCUT2D eigenvalue weighted by Gasteiger charge is 2.06. The van der Waals surface area contributed by atoms with Crippen molar-refractivity contribution < 1.29 is 13.5 Å². The number of benzene rings is 2. The monoisotopic (exact) mass is 255 g/mol. The number of rotatable bonds is 2. The average Bonchev–Trinajstić information content (AvgIpc) is 2.21. The molecule has 2 nitrogen and oxygen atoms in total. The molecule has 0 radical (unpaired) electrons. The van der Waals surface area contributed by atoms with Gasteiger partial charge in [-0.25, -0.2) is 8.78 Å². The Morgan fingerprint density at radius 1 is 1.00 bits per heavy atom. The second kappa shape index (κ2) is 4.59. The molecule has 5 heteroatoms. The van der Waals surface area contributed by atoms with E-state index in [0.29, 0.717) is 16.5 Å². The molecule has 0 amide bonds. The van der Waals surface area contributed by atoms with Gasteiger partial charge in [-0.05, 0) is 18.2 Å². The second-order valence-corrected chi connectivity index (χ2v) is 3.83. The van der Waals surface area contributed by atoms with Crippen molar-refractivity contribution >= 4 is 17.3 Å². The van der Waals surface area contributed by atoms with Crippen LogP contribution in [0.5, 0.6) is 11.5 Å². The van der Waals surface area contributed by atoms with Crippen LogP contribution >= 0.6 is 11.6 Å². The number of nitrogen functional groups attached to an aromatic ring is 1. The summed E-state index contributed by atoms with van der Waals surface area (Å²) in [7, 11) is 0. The number of hydrogen-bond acceptors (Lipinski definition) is 2. The van der Waals surface area contributed by atoms with Gasteiger partial charge in [0.1, 0.15) is 23.1 Å². The van der Waals surface area contributed by atoms with Crippen molar-refractivity contribution in [3.8, 4) is 11.5 Å². The maximum Gasteiger partial charge on any atom is 0.150 e. The molecule has 88 valence electrons. The van der Waals surface area contributed by atoms with Crippen LogP contribution in [0.15, 0.2) is 36.4 Å². The van der Waals surface area contributed by atoms with Crippen molar-refractivity contribution in [2.24, 2.45) is 0 Å². The third-order valence-corrected chi connectivity index (χ3v) is 2.27. The first-order chi connectivity index (χ1) is 8.04. The highest BCUT2D eigenvalue weighted by Crippen LogP contribution is 2.30. The summed E-state index contributed by atoms with van der Waals surface area (Å²) in [5, 5.41) is 0.459. The average molecular weight is 256 g/mol. The van der Waals surface area contributed by atoms with Crippen molar-refractivity contribution in [1.82, 2.24) is 0 Å². The van der Waals surface area contributed by atoms with Gasteiger partial charge < -0.3 is 10.5 Å². The topological polar surface area (TPSA) is 35.2 Å². The first-order valence-corrected chi connectivity index (χ1v) is 5.11. The third kappa shape index (κ3) is 2.85. The lowest BCUT2D eigenvalue weighted by molar-refractivity contribution is 0.470. The largest absolute Gasteiger partial charge is 0.455 e. The summed E-state index contributed by atoms with van der Waals surface area (Å²) in [6.45, 7) is 0. The number of ether oxygens (including phenoxy) is 1. The lowest BCUT2D eigenvalue weighted by Gasteiger charge is -2.08. The third-order valence-electron chi connectivity index (χ3n) is 2.04. The quantitative estimate of drug-likeness (QED) is 0.824. The normalized spacial score (nSPS) is 10.3. The van der Waals surface area contributed by atoms with E-state index in [0.717, 1.165) is 18.2 Å². The van der Waals surface area contributed by atoms with Gasteiger partial charge in [-0.2, -0.15) is 0 Å². The van der Waals surface area contributed by atoms with E-state index in [9.17, 15) is 8.78 Å². The maximum atomic E-state index is 12.9. The van der Waals surface area contributed by atoms with Crippen LogP contribution in [0.2, 0.25) is 5.02 Å². The van der Waals surface area contributed by atoms with Gasteiger partial charge in [0.15, 0.2) is 0 Å². The first-order valence-electron chi connectivity index (χ1n) is 4.73. The molecule has 0 aliphatic rings. The van der Waals surface area contributed by atoms with Crippen molar-refractivity contribution in [2.45, 2.75) is 0 Å². The molecule has 0 aromatic heterocycles. The molecule has 0 saturated heterocycles. The zero-order valence-corrected chi connectivity index (χ0v) is 9.34. The van der Waals surface area contributed by atoms with Crippen LogP contribution in [-0.2, 0) is 0 Å².